The third-order valence-electron chi connectivity index (χ3n) is 7.18. The fourth-order valence-corrected chi connectivity index (χ4v) is 6.45. The lowest BCUT2D eigenvalue weighted by molar-refractivity contribution is -0.179. The second-order valence-electron chi connectivity index (χ2n) is 9.45. The topological polar surface area (TPSA) is 136 Å². The predicted molar refractivity (Wildman–Crippen MR) is 143 cm³/mol. The van der Waals surface area contributed by atoms with Gasteiger partial charge in [0.25, 0.3) is 5.91 Å². The maximum absolute atomic E-state index is 13.4. The number of carbonyl (C=O) groups excluding carboxylic acids is 1. The van der Waals surface area contributed by atoms with Crippen molar-refractivity contribution in [3.63, 3.8) is 0 Å². The van der Waals surface area contributed by atoms with E-state index >= 15 is 0 Å². The summed E-state index contributed by atoms with van der Waals surface area (Å²) in [6.07, 6.45) is 2.73. The minimum atomic E-state index is -3.86. The van der Waals surface area contributed by atoms with Crippen LogP contribution in [0.4, 0.5) is 0 Å². The van der Waals surface area contributed by atoms with Crippen LogP contribution in [0.15, 0.2) is 52.3 Å². The van der Waals surface area contributed by atoms with Crippen LogP contribution in [-0.4, -0.2) is 76.5 Å². The zero-order valence-corrected chi connectivity index (χ0v) is 22.6. The number of methoxy groups -OCH3 is 2. The maximum Gasteiger partial charge on any atom is 0.256 e. The number of hydrogen-bond acceptors (Lipinski definition) is 8. The minimum Gasteiger partial charge on any atom is -0.493 e. The molecule has 1 amide bonds. The van der Waals surface area contributed by atoms with E-state index in [1.165, 1.54) is 28.7 Å². The monoisotopic (exact) mass is 557 g/mol. The van der Waals surface area contributed by atoms with Crippen LogP contribution < -0.4 is 20.2 Å². The van der Waals surface area contributed by atoms with Gasteiger partial charge in [-0.25, -0.2) is 8.42 Å². The van der Waals surface area contributed by atoms with Crippen LogP contribution in [0.25, 0.3) is 10.9 Å². The van der Waals surface area contributed by atoms with E-state index in [0.29, 0.717) is 49.5 Å². The van der Waals surface area contributed by atoms with E-state index in [9.17, 15) is 18.0 Å². The second-order valence-corrected chi connectivity index (χ2v) is 11.4. The molecule has 0 aliphatic carbocycles. The fraction of sp³-hybridized carbons (Fsp3) is 0.407. The van der Waals surface area contributed by atoms with Gasteiger partial charge in [-0.2, -0.15) is 4.31 Å². The molecular weight excluding hydrogens is 526 g/mol. The van der Waals surface area contributed by atoms with Crippen molar-refractivity contribution in [2.24, 2.45) is 0 Å². The number of benzene rings is 2. The average Bonchev–Trinajstić information content (AvgIpc) is 3.40. The van der Waals surface area contributed by atoms with Gasteiger partial charge < -0.3 is 29.2 Å². The van der Waals surface area contributed by atoms with Crippen LogP contribution in [0.3, 0.4) is 0 Å². The zero-order chi connectivity index (χ0) is 27.6. The highest BCUT2D eigenvalue weighted by molar-refractivity contribution is 7.89. The van der Waals surface area contributed by atoms with E-state index in [1.807, 2.05) is 12.1 Å². The number of nitrogens with one attached hydrogen (secondary N) is 2. The standard InChI is InChI=1S/C27H31N3O8S/c1-35-23-6-3-18(15-24(23)36-2)7-10-28-26(32)21-17-29-22-5-4-19(16-20(22)25(21)31)39(33,34)30-11-8-27(9-12-30)37-13-14-38-27/h3-6,15-17H,7-14H2,1-2H3,(H,28,32)(H,29,31). The number of rotatable bonds is 8. The van der Waals surface area contributed by atoms with E-state index in [-0.39, 0.29) is 35.5 Å². The number of aromatic nitrogens is 1. The summed E-state index contributed by atoms with van der Waals surface area (Å²) in [4.78, 5) is 29.0. The summed E-state index contributed by atoms with van der Waals surface area (Å²) >= 11 is 0. The number of amides is 1. The van der Waals surface area contributed by atoms with Crippen molar-refractivity contribution in [3.05, 3.63) is 63.9 Å². The van der Waals surface area contributed by atoms with Crippen molar-refractivity contribution < 1.29 is 32.2 Å². The first-order valence-corrected chi connectivity index (χ1v) is 14.1. The number of ether oxygens (including phenoxy) is 4. The number of pyridine rings is 1. The summed E-state index contributed by atoms with van der Waals surface area (Å²) in [6.45, 7) is 1.79. The Morgan fingerprint density at radius 3 is 2.46 bits per heavy atom. The molecule has 39 heavy (non-hydrogen) atoms. The number of carbonyl (C=O) groups is 1. The first kappa shape index (κ1) is 27.1. The molecule has 0 bridgehead atoms. The van der Waals surface area contributed by atoms with Crippen LogP contribution in [0.1, 0.15) is 28.8 Å². The van der Waals surface area contributed by atoms with E-state index in [0.717, 1.165) is 5.56 Å². The van der Waals surface area contributed by atoms with Gasteiger partial charge in [0.1, 0.15) is 5.56 Å². The fourth-order valence-electron chi connectivity index (χ4n) is 4.98. The maximum atomic E-state index is 13.4. The Morgan fingerprint density at radius 2 is 1.77 bits per heavy atom. The molecule has 0 radical (unpaired) electrons. The number of H-pyrrole nitrogens is 1. The number of fused-ring (bicyclic) bond motifs is 1. The minimum absolute atomic E-state index is 0.00396. The summed E-state index contributed by atoms with van der Waals surface area (Å²) in [5.41, 5.74) is 0.714. The van der Waals surface area contributed by atoms with E-state index in [1.54, 1.807) is 20.3 Å². The molecule has 3 aromatic rings. The molecule has 208 valence electrons. The molecule has 12 heteroatoms. The van der Waals surface area contributed by atoms with Gasteiger partial charge in [0.05, 0.1) is 32.3 Å². The number of hydrogen-bond donors (Lipinski definition) is 2. The third-order valence-corrected chi connectivity index (χ3v) is 9.07. The lowest BCUT2D eigenvalue weighted by atomic mass is 10.1. The number of nitrogens with zero attached hydrogens (tertiary/aromatic N) is 1. The van der Waals surface area contributed by atoms with Gasteiger partial charge >= 0.3 is 0 Å². The third kappa shape index (κ3) is 5.37. The second kappa shape index (κ2) is 11.0. The lowest BCUT2D eigenvalue weighted by Gasteiger charge is -2.36. The first-order valence-electron chi connectivity index (χ1n) is 12.7. The van der Waals surface area contributed by atoms with Crippen LogP contribution in [0.5, 0.6) is 11.5 Å². The molecule has 1 spiro atoms. The molecule has 0 saturated carbocycles. The summed E-state index contributed by atoms with van der Waals surface area (Å²) in [5, 5.41) is 2.88. The first-order chi connectivity index (χ1) is 18.8. The molecule has 2 saturated heterocycles. The number of aromatic amines is 1. The van der Waals surface area contributed by atoms with Crippen molar-refractivity contribution in [1.29, 1.82) is 0 Å². The van der Waals surface area contributed by atoms with Crippen molar-refractivity contribution in [3.8, 4) is 11.5 Å². The molecule has 1 aromatic heterocycles. The zero-order valence-electron chi connectivity index (χ0n) is 21.8. The molecule has 3 heterocycles. The Balaban J connectivity index is 1.30. The molecule has 2 N–H and O–H groups in total. The summed E-state index contributed by atoms with van der Waals surface area (Å²) in [5.74, 6) is -0.0589. The Labute approximate surface area is 226 Å². The number of piperidine rings is 1. The highest BCUT2D eigenvalue weighted by atomic mass is 32.2. The largest absolute Gasteiger partial charge is 0.493 e. The molecule has 0 unspecified atom stereocenters. The average molecular weight is 558 g/mol. The van der Waals surface area contributed by atoms with Gasteiger partial charge in [-0.3, -0.25) is 9.59 Å². The Bertz CT molecular complexity index is 1540. The molecule has 5 rings (SSSR count). The molecule has 2 aliphatic rings. The van der Waals surface area contributed by atoms with Crippen LogP contribution in [-0.2, 0) is 25.9 Å². The van der Waals surface area contributed by atoms with Gasteiger partial charge in [-0.05, 0) is 42.3 Å². The van der Waals surface area contributed by atoms with Gasteiger partial charge in [0, 0.05) is 49.6 Å². The highest BCUT2D eigenvalue weighted by Crippen LogP contribution is 2.33. The molecule has 2 aliphatic heterocycles. The molecule has 2 aromatic carbocycles. The SMILES string of the molecule is COc1ccc(CCNC(=O)c2c[nH]c3ccc(S(=O)(=O)N4CCC5(CC4)OCCO5)cc3c2=O)cc1OC. The van der Waals surface area contributed by atoms with E-state index in [4.69, 9.17) is 18.9 Å². The molecule has 11 nitrogen and oxygen atoms in total. The highest BCUT2D eigenvalue weighted by Gasteiger charge is 2.42. The summed E-state index contributed by atoms with van der Waals surface area (Å²) in [6, 6.07) is 9.81. The van der Waals surface area contributed by atoms with Crippen molar-refractivity contribution >= 4 is 26.8 Å². The van der Waals surface area contributed by atoms with Gasteiger partial charge in [0.15, 0.2) is 17.3 Å². The van der Waals surface area contributed by atoms with Crippen LogP contribution in [0, 0.1) is 0 Å². The van der Waals surface area contributed by atoms with Crippen molar-refractivity contribution in [2.45, 2.75) is 29.9 Å². The van der Waals surface area contributed by atoms with Gasteiger partial charge in [-0.1, -0.05) is 6.07 Å². The lowest BCUT2D eigenvalue weighted by Crippen LogP contribution is -2.47. The normalized spacial score (nSPS) is 17.4. The Morgan fingerprint density at radius 1 is 1.05 bits per heavy atom. The van der Waals surface area contributed by atoms with Crippen molar-refractivity contribution in [2.75, 3.05) is 47.1 Å². The summed E-state index contributed by atoms with van der Waals surface area (Å²) < 4.78 is 50.0. The molecule has 0 atom stereocenters. The van der Waals surface area contributed by atoms with Crippen molar-refractivity contribution in [1.82, 2.24) is 14.6 Å². The summed E-state index contributed by atoms with van der Waals surface area (Å²) in [7, 11) is -0.750. The number of sulfonamides is 1. The Kier molecular flexibility index (Phi) is 7.63. The smallest absolute Gasteiger partial charge is 0.256 e. The van der Waals surface area contributed by atoms with E-state index < -0.39 is 27.1 Å². The molecular formula is C27H31N3O8S. The van der Waals surface area contributed by atoms with Crippen LogP contribution >= 0.6 is 0 Å². The van der Waals surface area contributed by atoms with Crippen LogP contribution in [0.2, 0.25) is 0 Å². The Hall–Kier alpha value is -3.45. The predicted octanol–water partition coefficient (Wildman–Crippen LogP) is 2.05. The van der Waals surface area contributed by atoms with E-state index in [2.05, 4.69) is 10.3 Å². The van der Waals surface area contributed by atoms with Gasteiger partial charge in [0.2, 0.25) is 15.5 Å². The van der Waals surface area contributed by atoms with Gasteiger partial charge in [-0.15, -0.1) is 0 Å². The quantitative estimate of drug-likeness (QED) is 0.430. The molecule has 2 fully saturated rings.